The lowest BCUT2D eigenvalue weighted by atomic mass is 10.2. The Morgan fingerprint density at radius 3 is 2.21 bits per heavy atom. The summed E-state index contributed by atoms with van der Waals surface area (Å²) in [6, 6.07) is 11.2. The summed E-state index contributed by atoms with van der Waals surface area (Å²) < 4.78 is 72.9. The molecular formula is C15H14F3NO4S. The van der Waals surface area contributed by atoms with E-state index in [9.17, 15) is 21.6 Å². The fraction of sp³-hybridized carbons (Fsp3) is 0.200. The predicted molar refractivity (Wildman–Crippen MR) is 80.1 cm³/mol. The Morgan fingerprint density at radius 1 is 1.00 bits per heavy atom. The minimum absolute atomic E-state index is 0.146. The number of methoxy groups -OCH3 is 1. The highest BCUT2D eigenvalue weighted by atomic mass is 32.2. The quantitative estimate of drug-likeness (QED) is 0.859. The molecule has 0 amide bonds. The molecule has 0 saturated heterocycles. The van der Waals surface area contributed by atoms with E-state index >= 15 is 0 Å². The van der Waals surface area contributed by atoms with Crippen LogP contribution in [0.5, 0.6) is 11.5 Å². The molecular weight excluding hydrogens is 347 g/mol. The molecule has 0 aromatic heterocycles. The lowest BCUT2D eigenvalue weighted by Gasteiger charge is -2.14. The summed E-state index contributed by atoms with van der Waals surface area (Å²) in [5.41, 5.74) is 0.540. The molecule has 130 valence electrons. The van der Waals surface area contributed by atoms with Crippen molar-refractivity contribution < 1.29 is 31.1 Å². The fourth-order valence-electron chi connectivity index (χ4n) is 1.98. The van der Waals surface area contributed by atoms with E-state index in [1.54, 1.807) is 24.3 Å². The molecule has 1 N–H and O–H groups in total. The first-order chi connectivity index (χ1) is 11.2. The second-order valence-corrected chi connectivity index (χ2v) is 6.37. The molecule has 2 aromatic carbocycles. The van der Waals surface area contributed by atoms with Crippen molar-refractivity contribution in [2.24, 2.45) is 0 Å². The average molecular weight is 361 g/mol. The topological polar surface area (TPSA) is 64.6 Å². The van der Waals surface area contributed by atoms with Crippen molar-refractivity contribution in [3.8, 4) is 11.5 Å². The Morgan fingerprint density at radius 2 is 1.58 bits per heavy atom. The Labute approximate surface area is 137 Å². The van der Waals surface area contributed by atoms with E-state index in [0.717, 1.165) is 12.1 Å². The zero-order chi connectivity index (χ0) is 17.8. The van der Waals surface area contributed by atoms with Gasteiger partial charge >= 0.3 is 6.36 Å². The molecule has 0 bridgehead atoms. The van der Waals surface area contributed by atoms with Gasteiger partial charge < -0.3 is 9.47 Å². The Kier molecular flexibility index (Phi) is 5.35. The van der Waals surface area contributed by atoms with E-state index in [1.807, 2.05) is 0 Å². The predicted octanol–water partition coefficient (Wildman–Crippen LogP) is 3.07. The van der Waals surface area contributed by atoms with Crippen LogP contribution in [0.2, 0.25) is 0 Å². The Bertz CT molecular complexity index is 806. The fourth-order valence-corrected chi connectivity index (χ4v) is 3.11. The molecule has 0 radical (unpaired) electrons. The van der Waals surface area contributed by atoms with Crippen LogP contribution in [0.25, 0.3) is 0 Å². The molecule has 24 heavy (non-hydrogen) atoms. The first kappa shape index (κ1) is 18.1. The number of rotatable bonds is 6. The van der Waals surface area contributed by atoms with Crippen molar-refractivity contribution in [3.05, 3.63) is 54.1 Å². The van der Waals surface area contributed by atoms with E-state index in [0.29, 0.717) is 11.3 Å². The van der Waals surface area contributed by atoms with Gasteiger partial charge in [0.05, 0.1) is 7.11 Å². The zero-order valence-electron chi connectivity index (χ0n) is 12.5. The third kappa shape index (κ3) is 4.62. The van der Waals surface area contributed by atoms with Gasteiger partial charge in [-0.05, 0) is 18.2 Å². The summed E-state index contributed by atoms with van der Waals surface area (Å²) in [6.45, 7) is -0.146. The number of para-hydroxylation sites is 2. The molecule has 2 aromatic rings. The van der Waals surface area contributed by atoms with Gasteiger partial charge in [0.15, 0.2) is 0 Å². The summed E-state index contributed by atoms with van der Waals surface area (Å²) >= 11 is 0. The Balaban J connectivity index is 2.25. The van der Waals surface area contributed by atoms with Crippen LogP contribution < -0.4 is 14.2 Å². The summed E-state index contributed by atoms with van der Waals surface area (Å²) in [7, 11) is -2.79. The van der Waals surface area contributed by atoms with Gasteiger partial charge in [0.25, 0.3) is 0 Å². The SMILES string of the molecule is COc1ccccc1CNS(=O)(=O)c1ccccc1OC(F)(F)F. The highest BCUT2D eigenvalue weighted by Gasteiger charge is 2.33. The van der Waals surface area contributed by atoms with Crippen molar-refractivity contribution >= 4 is 10.0 Å². The third-order valence-electron chi connectivity index (χ3n) is 3.01. The molecule has 0 heterocycles. The maximum atomic E-state index is 12.4. The lowest BCUT2D eigenvalue weighted by Crippen LogP contribution is -2.25. The van der Waals surface area contributed by atoms with Crippen LogP contribution in [0.4, 0.5) is 13.2 Å². The van der Waals surface area contributed by atoms with Crippen LogP contribution in [-0.2, 0) is 16.6 Å². The smallest absolute Gasteiger partial charge is 0.496 e. The second kappa shape index (κ2) is 7.10. The monoisotopic (exact) mass is 361 g/mol. The number of hydrogen-bond donors (Lipinski definition) is 1. The lowest BCUT2D eigenvalue weighted by molar-refractivity contribution is -0.275. The molecule has 0 saturated carbocycles. The molecule has 0 atom stereocenters. The molecule has 0 spiro atoms. The van der Waals surface area contributed by atoms with Crippen LogP contribution in [0.15, 0.2) is 53.4 Å². The number of sulfonamides is 1. The van der Waals surface area contributed by atoms with E-state index < -0.39 is 27.0 Å². The van der Waals surface area contributed by atoms with E-state index in [4.69, 9.17) is 4.74 Å². The number of hydrogen-bond acceptors (Lipinski definition) is 4. The summed E-state index contributed by atoms with van der Waals surface area (Å²) in [5, 5.41) is 0. The van der Waals surface area contributed by atoms with Crippen LogP contribution in [0.1, 0.15) is 5.56 Å². The van der Waals surface area contributed by atoms with Gasteiger partial charge in [-0.25, -0.2) is 13.1 Å². The van der Waals surface area contributed by atoms with Gasteiger partial charge in [0.1, 0.15) is 16.4 Å². The number of nitrogens with one attached hydrogen (secondary N) is 1. The van der Waals surface area contributed by atoms with Gasteiger partial charge in [-0.3, -0.25) is 0 Å². The minimum atomic E-state index is -4.99. The maximum absolute atomic E-state index is 12.4. The summed E-state index contributed by atoms with van der Waals surface area (Å²) in [5.74, 6) is -0.336. The molecule has 0 unspecified atom stereocenters. The van der Waals surface area contributed by atoms with Gasteiger partial charge in [-0.1, -0.05) is 30.3 Å². The average Bonchev–Trinajstić information content (AvgIpc) is 2.52. The first-order valence-corrected chi connectivity index (χ1v) is 8.17. The van der Waals surface area contributed by atoms with Crippen molar-refractivity contribution in [1.82, 2.24) is 4.72 Å². The van der Waals surface area contributed by atoms with Crippen LogP contribution >= 0.6 is 0 Å². The molecule has 9 heteroatoms. The number of benzene rings is 2. The minimum Gasteiger partial charge on any atom is -0.496 e. The van der Waals surface area contributed by atoms with Crippen LogP contribution in [0.3, 0.4) is 0 Å². The summed E-state index contributed by atoms with van der Waals surface area (Å²) in [6.07, 6.45) is -4.99. The van der Waals surface area contributed by atoms with Gasteiger partial charge in [0.2, 0.25) is 10.0 Å². The van der Waals surface area contributed by atoms with Crippen molar-refractivity contribution in [3.63, 3.8) is 0 Å². The number of halogens is 3. The molecule has 0 aliphatic heterocycles. The maximum Gasteiger partial charge on any atom is 0.573 e. The molecule has 0 fully saturated rings. The highest BCUT2D eigenvalue weighted by molar-refractivity contribution is 7.89. The third-order valence-corrected chi connectivity index (χ3v) is 4.45. The van der Waals surface area contributed by atoms with Gasteiger partial charge in [0, 0.05) is 12.1 Å². The van der Waals surface area contributed by atoms with E-state index in [-0.39, 0.29) is 6.54 Å². The molecule has 0 aliphatic rings. The Hall–Kier alpha value is -2.26. The molecule has 0 aliphatic carbocycles. The van der Waals surface area contributed by atoms with Crippen molar-refractivity contribution in [2.45, 2.75) is 17.8 Å². The van der Waals surface area contributed by atoms with E-state index in [1.165, 1.54) is 19.2 Å². The van der Waals surface area contributed by atoms with Crippen LogP contribution in [0, 0.1) is 0 Å². The first-order valence-electron chi connectivity index (χ1n) is 6.69. The second-order valence-electron chi connectivity index (χ2n) is 4.63. The normalized spacial score (nSPS) is 12.0. The number of ether oxygens (including phenoxy) is 2. The zero-order valence-corrected chi connectivity index (χ0v) is 13.3. The van der Waals surface area contributed by atoms with E-state index in [2.05, 4.69) is 9.46 Å². The van der Waals surface area contributed by atoms with Crippen molar-refractivity contribution in [2.75, 3.05) is 7.11 Å². The highest BCUT2D eigenvalue weighted by Crippen LogP contribution is 2.29. The number of alkyl halides is 3. The van der Waals surface area contributed by atoms with Gasteiger partial charge in [-0.2, -0.15) is 0 Å². The van der Waals surface area contributed by atoms with Gasteiger partial charge in [-0.15, -0.1) is 13.2 Å². The summed E-state index contributed by atoms with van der Waals surface area (Å²) in [4.78, 5) is -0.600. The van der Waals surface area contributed by atoms with Crippen LogP contribution in [-0.4, -0.2) is 21.9 Å². The van der Waals surface area contributed by atoms with Crippen molar-refractivity contribution in [1.29, 1.82) is 0 Å². The molecule has 5 nitrogen and oxygen atoms in total. The standard InChI is InChI=1S/C15H14F3NO4S/c1-22-12-7-3-2-6-11(12)10-19-24(20,21)14-9-5-4-8-13(14)23-15(16,17)18/h2-9,19H,10H2,1H3. The molecule has 2 rings (SSSR count). The largest absolute Gasteiger partial charge is 0.573 e.